The summed E-state index contributed by atoms with van der Waals surface area (Å²) in [5.41, 5.74) is 6.55. The van der Waals surface area contributed by atoms with Crippen LogP contribution in [0.2, 0.25) is 5.02 Å². The molecule has 0 saturated heterocycles. The monoisotopic (exact) mass is 358 g/mol. The summed E-state index contributed by atoms with van der Waals surface area (Å²) in [6.45, 7) is 0.578. The molecule has 5 heteroatoms. The van der Waals surface area contributed by atoms with Gasteiger partial charge in [-0.15, -0.1) is 0 Å². The number of hydrogen-bond donors (Lipinski definition) is 2. The number of anilines is 1. The van der Waals surface area contributed by atoms with Gasteiger partial charge in [-0.25, -0.2) is 0 Å². The van der Waals surface area contributed by atoms with Gasteiger partial charge in [0.2, 0.25) is 5.91 Å². The van der Waals surface area contributed by atoms with Gasteiger partial charge in [-0.2, -0.15) is 0 Å². The second kappa shape index (κ2) is 6.92. The first-order valence-electron chi connectivity index (χ1n) is 7.00. The van der Waals surface area contributed by atoms with E-state index in [-0.39, 0.29) is 11.3 Å². The molecule has 1 saturated carbocycles. The molecule has 0 unspecified atom stereocenters. The van der Waals surface area contributed by atoms with Crippen molar-refractivity contribution in [1.29, 1.82) is 0 Å². The van der Waals surface area contributed by atoms with Crippen LogP contribution in [-0.4, -0.2) is 12.5 Å². The smallest absolute Gasteiger partial charge is 0.225 e. The summed E-state index contributed by atoms with van der Waals surface area (Å²) in [5.74, 6) is 0.00146. The second-order valence-electron chi connectivity index (χ2n) is 5.61. The van der Waals surface area contributed by atoms with Crippen LogP contribution < -0.4 is 11.1 Å². The topological polar surface area (TPSA) is 55.1 Å². The zero-order valence-electron chi connectivity index (χ0n) is 11.4. The molecule has 0 bridgehead atoms. The maximum atomic E-state index is 12.2. The average Bonchev–Trinajstić information content (AvgIpc) is 2.43. The molecule has 1 aromatic rings. The predicted molar refractivity (Wildman–Crippen MR) is 87.0 cm³/mol. The van der Waals surface area contributed by atoms with Gasteiger partial charge in [0.15, 0.2) is 0 Å². The lowest BCUT2D eigenvalue weighted by Crippen LogP contribution is -2.36. The Balaban J connectivity index is 2.00. The summed E-state index contributed by atoms with van der Waals surface area (Å²) in [6.07, 6.45) is 6.17. The number of amides is 1. The lowest BCUT2D eigenvalue weighted by Gasteiger charge is -2.35. The number of nitrogens with one attached hydrogen (secondary N) is 1. The summed E-state index contributed by atoms with van der Waals surface area (Å²) in [4.78, 5) is 12.2. The normalized spacial score (nSPS) is 17.8. The summed E-state index contributed by atoms with van der Waals surface area (Å²) >= 11 is 9.46. The first-order chi connectivity index (χ1) is 9.54. The van der Waals surface area contributed by atoms with E-state index in [1.807, 2.05) is 6.07 Å². The molecule has 1 aromatic carbocycles. The average molecular weight is 360 g/mol. The van der Waals surface area contributed by atoms with Crippen LogP contribution in [0.5, 0.6) is 0 Å². The molecule has 110 valence electrons. The molecule has 3 nitrogen and oxygen atoms in total. The molecule has 0 heterocycles. The molecule has 0 spiro atoms. The van der Waals surface area contributed by atoms with Crippen molar-refractivity contribution in [2.24, 2.45) is 11.1 Å². The van der Waals surface area contributed by atoms with Gasteiger partial charge in [-0.05, 0) is 43.0 Å². The van der Waals surface area contributed by atoms with Crippen LogP contribution in [0.1, 0.15) is 38.5 Å². The maximum Gasteiger partial charge on any atom is 0.225 e. The summed E-state index contributed by atoms with van der Waals surface area (Å²) in [6, 6.07) is 5.44. The molecular formula is C15H20BrClN2O. The van der Waals surface area contributed by atoms with Crippen LogP contribution in [0.25, 0.3) is 0 Å². The van der Waals surface area contributed by atoms with Gasteiger partial charge in [0.05, 0.1) is 10.7 Å². The van der Waals surface area contributed by atoms with Gasteiger partial charge in [0.1, 0.15) is 0 Å². The van der Waals surface area contributed by atoms with E-state index < -0.39 is 0 Å². The third-order valence-electron chi connectivity index (χ3n) is 4.09. The van der Waals surface area contributed by atoms with Gasteiger partial charge in [-0.3, -0.25) is 4.79 Å². The van der Waals surface area contributed by atoms with Crippen molar-refractivity contribution in [2.75, 3.05) is 11.9 Å². The Labute approximate surface area is 133 Å². The molecular weight excluding hydrogens is 340 g/mol. The highest BCUT2D eigenvalue weighted by Gasteiger charge is 2.33. The lowest BCUT2D eigenvalue weighted by molar-refractivity contribution is -0.118. The minimum Gasteiger partial charge on any atom is -0.330 e. The molecule has 0 atom stereocenters. The van der Waals surface area contributed by atoms with Crippen molar-refractivity contribution in [2.45, 2.75) is 38.5 Å². The SMILES string of the molecule is NCC1(CC(=O)Nc2ccc(Br)cc2Cl)CCCCC1. The number of benzene rings is 1. The molecule has 20 heavy (non-hydrogen) atoms. The Morgan fingerprint density at radius 3 is 2.65 bits per heavy atom. The Hall–Kier alpha value is -0.580. The van der Waals surface area contributed by atoms with E-state index in [9.17, 15) is 4.79 Å². The zero-order valence-corrected chi connectivity index (χ0v) is 13.8. The second-order valence-corrected chi connectivity index (χ2v) is 6.94. The van der Waals surface area contributed by atoms with E-state index in [0.29, 0.717) is 23.7 Å². The Morgan fingerprint density at radius 1 is 1.35 bits per heavy atom. The fraction of sp³-hybridized carbons (Fsp3) is 0.533. The van der Waals surface area contributed by atoms with Crippen molar-refractivity contribution in [1.82, 2.24) is 0 Å². The van der Waals surface area contributed by atoms with Crippen molar-refractivity contribution in [3.05, 3.63) is 27.7 Å². The van der Waals surface area contributed by atoms with Gasteiger partial charge in [0.25, 0.3) is 0 Å². The van der Waals surface area contributed by atoms with Gasteiger partial charge >= 0.3 is 0 Å². The molecule has 0 radical (unpaired) electrons. The zero-order chi connectivity index (χ0) is 14.6. The van der Waals surface area contributed by atoms with E-state index in [1.165, 1.54) is 19.3 Å². The molecule has 3 N–H and O–H groups in total. The van der Waals surface area contributed by atoms with Crippen LogP contribution in [0.3, 0.4) is 0 Å². The largest absolute Gasteiger partial charge is 0.330 e. The third kappa shape index (κ3) is 3.96. The van der Waals surface area contributed by atoms with Gasteiger partial charge < -0.3 is 11.1 Å². The molecule has 0 aromatic heterocycles. The lowest BCUT2D eigenvalue weighted by atomic mass is 9.71. The Kier molecular flexibility index (Phi) is 5.47. The number of rotatable bonds is 4. The van der Waals surface area contributed by atoms with E-state index in [4.69, 9.17) is 17.3 Å². The standard InChI is InChI=1S/C15H20BrClN2O/c16-11-4-5-13(12(17)8-11)19-14(20)9-15(10-18)6-2-1-3-7-15/h4-5,8H,1-3,6-7,9-10,18H2,(H,19,20). The summed E-state index contributed by atoms with van der Waals surface area (Å²) in [7, 11) is 0. The number of carbonyl (C=O) groups is 1. The van der Waals surface area contributed by atoms with Gasteiger partial charge in [-0.1, -0.05) is 46.8 Å². The highest BCUT2D eigenvalue weighted by atomic mass is 79.9. The van der Waals surface area contributed by atoms with Gasteiger partial charge in [0, 0.05) is 10.9 Å². The van der Waals surface area contributed by atoms with Crippen LogP contribution in [0.15, 0.2) is 22.7 Å². The molecule has 1 fully saturated rings. The van der Waals surface area contributed by atoms with Crippen molar-refractivity contribution in [3.63, 3.8) is 0 Å². The Morgan fingerprint density at radius 2 is 2.05 bits per heavy atom. The highest BCUT2D eigenvalue weighted by molar-refractivity contribution is 9.10. The van der Waals surface area contributed by atoms with Crippen LogP contribution in [-0.2, 0) is 4.79 Å². The number of carbonyl (C=O) groups excluding carboxylic acids is 1. The van der Waals surface area contributed by atoms with Crippen LogP contribution >= 0.6 is 27.5 Å². The quantitative estimate of drug-likeness (QED) is 0.840. The van der Waals surface area contributed by atoms with Crippen LogP contribution in [0, 0.1) is 5.41 Å². The van der Waals surface area contributed by atoms with Crippen molar-refractivity contribution >= 4 is 39.1 Å². The molecule has 1 aliphatic rings. The van der Waals surface area contributed by atoms with E-state index in [1.54, 1.807) is 12.1 Å². The van der Waals surface area contributed by atoms with Crippen molar-refractivity contribution < 1.29 is 4.79 Å². The minimum atomic E-state index is -0.0236. The van der Waals surface area contributed by atoms with Crippen LogP contribution in [0.4, 0.5) is 5.69 Å². The third-order valence-corrected chi connectivity index (χ3v) is 4.89. The Bertz CT molecular complexity index is 487. The first kappa shape index (κ1) is 15.8. The predicted octanol–water partition coefficient (Wildman–Crippen LogP) is 4.34. The summed E-state index contributed by atoms with van der Waals surface area (Å²) < 4.78 is 0.895. The summed E-state index contributed by atoms with van der Waals surface area (Å²) in [5, 5.41) is 3.44. The number of halogens is 2. The number of hydrogen-bond acceptors (Lipinski definition) is 2. The fourth-order valence-corrected chi connectivity index (χ4v) is 3.60. The van der Waals surface area contributed by atoms with E-state index in [2.05, 4.69) is 21.2 Å². The fourth-order valence-electron chi connectivity index (χ4n) is 2.88. The maximum absolute atomic E-state index is 12.2. The molecule has 1 aliphatic carbocycles. The van der Waals surface area contributed by atoms with E-state index >= 15 is 0 Å². The molecule has 1 amide bonds. The first-order valence-corrected chi connectivity index (χ1v) is 8.17. The molecule has 0 aliphatic heterocycles. The number of nitrogens with two attached hydrogens (primary N) is 1. The minimum absolute atomic E-state index is 0.00146. The van der Waals surface area contributed by atoms with Crippen molar-refractivity contribution in [3.8, 4) is 0 Å². The highest BCUT2D eigenvalue weighted by Crippen LogP contribution is 2.38. The molecule has 2 rings (SSSR count). The van der Waals surface area contributed by atoms with E-state index in [0.717, 1.165) is 17.3 Å².